The number of benzene rings is 2. The summed E-state index contributed by atoms with van der Waals surface area (Å²) in [6.07, 6.45) is 1.03. The predicted molar refractivity (Wildman–Crippen MR) is 89.4 cm³/mol. The van der Waals surface area contributed by atoms with Crippen LogP contribution in [0.3, 0.4) is 0 Å². The van der Waals surface area contributed by atoms with Gasteiger partial charge in [-0.3, -0.25) is 0 Å². The molecule has 0 bridgehead atoms. The average Bonchev–Trinajstić information content (AvgIpc) is 2.39. The number of hydrogen-bond acceptors (Lipinski definition) is 1. The first-order valence-corrected chi connectivity index (χ1v) is 7.60. The number of halogens is 1. The second kappa shape index (κ2) is 7.55. The summed E-state index contributed by atoms with van der Waals surface area (Å²) in [6.45, 7) is 11.1. The van der Waals surface area contributed by atoms with Crippen LogP contribution in [0.15, 0.2) is 36.4 Å². The van der Waals surface area contributed by atoms with Crippen molar-refractivity contribution in [3.63, 3.8) is 0 Å². The van der Waals surface area contributed by atoms with E-state index in [0.717, 1.165) is 12.0 Å². The van der Waals surface area contributed by atoms with E-state index in [1.165, 1.54) is 23.8 Å². The topological polar surface area (TPSA) is 20.2 Å². The molecule has 0 unspecified atom stereocenters. The molecule has 0 aliphatic rings. The molecule has 0 atom stereocenters. The van der Waals surface area contributed by atoms with E-state index in [2.05, 4.69) is 40.7 Å². The molecule has 0 aromatic heterocycles. The zero-order valence-electron chi connectivity index (χ0n) is 14.3. The van der Waals surface area contributed by atoms with Gasteiger partial charge in [0, 0.05) is 37.7 Å². The predicted octanol–water partition coefficient (Wildman–Crippen LogP) is 5.71. The largest absolute Gasteiger partial charge is 0.517 e. The van der Waals surface area contributed by atoms with Gasteiger partial charge in [0.2, 0.25) is 0 Å². The fraction of sp³-hybridized carbons (Fsp3) is 0.400. The van der Waals surface area contributed by atoms with Gasteiger partial charge in [-0.05, 0) is 29.4 Å². The Bertz CT molecular complexity index is 672. The molecule has 1 N–H and O–H groups in total. The summed E-state index contributed by atoms with van der Waals surface area (Å²) in [7, 11) is 0. The molecular formula is C20H24FHoO-. The average molecular weight is 464 g/mol. The number of aromatic hydroxyl groups is 1. The first-order chi connectivity index (χ1) is 10.1. The Morgan fingerprint density at radius 1 is 1.04 bits per heavy atom. The SMILES string of the molecule is CC(C)(C)CC(C)(C)c1cc[c-]c(-c2cc(F)ccc2O)c1.[Ho]. The van der Waals surface area contributed by atoms with Crippen molar-refractivity contribution < 1.29 is 47.2 Å². The van der Waals surface area contributed by atoms with Crippen LogP contribution in [0.25, 0.3) is 11.1 Å². The van der Waals surface area contributed by atoms with Crippen LogP contribution in [0.1, 0.15) is 46.6 Å². The molecule has 23 heavy (non-hydrogen) atoms. The Hall–Kier alpha value is -0.570. The Morgan fingerprint density at radius 3 is 2.30 bits per heavy atom. The maximum atomic E-state index is 13.5. The smallest absolute Gasteiger partial charge is 0.114 e. The van der Waals surface area contributed by atoms with Gasteiger partial charge in [0.25, 0.3) is 0 Å². The van der Waals surface area contributed by atoms with Crippen LogP contribution in [0, 0.1) is 55.0 Å². The van der Waals surface area contributed by atoms with E-state index in [-0.39, 0.29) is 60.1 Å². The van der Waals surface area contributed by atoms with Crippen LogP contribution >= 0.6 is 0 Å². The maximum absolute atomic E-state index is 13.5. The second-order valence-corrected chi connectivity index (χ2v) is 7.77. The monoisotopic (exact) mass is 464 g/mol. The molecule has 1 nitrogen and oxygen atoms in total. The van der Waals surface area contributed by atoms with Gasteiger partial charge in [0.15, 0.2) is 0 Å². The Morgan fingerprint density at radius 2 is 1.70 bits per heavy atom. The van der Waals surface area contributed by atoms with E-state index in [1.54, 1.807) is 0 Å². The number of phenols is 1. The van der Waals surface area contributed by atoms with Crippen LogP contribution < -0.4 is 0 Å². The molecule has 0 aliphatic heterocycles. The third-order valence-corrected chi connectivity index (χ3v) is 3.80. The summed E-state index contributed by atoms with van der Waals surface area (Å²) < 4.78 is 13.5. The molecule has 1 radical (unpaired) electrons. The molecule has 0 aliphatic carbocycles. The first kappa shape index (κ1) is 20.5. The molecule has 0 heterocycles. The van der Waals surface area contributed by atoms with Crippen molar-refractivity contribution in [3.8, 4) is 16.9 Å². The summed E-state index contributed by atoms with van der Waals surface area (Å²) >= 11 is 0. The minimum Gasteiger partial charge on any atom is -0.517 e. The van der Waals surface area contributed by atoms with E-state index in [0.29, 0.717) is 5.56 Å². The van der Waals surface area contributed by atoms with Crippen molar-refractivity contribution in [2.75, 3.05) is 0 Å². The normalized spacial score (nSPS) is 11.9. The summed E-state index contributed by atoms with van der Waals surface area (Å²) in [6, 6.07) is 13.0. The van der Waals surface area contributed by atoms with Crippen molar-refractivity contribution in [1.29, 1.82) is 0 Å². The molecule has 0 saturated heterocycles. The minimum absolute atomic E-state index is 0. The molecule has 0 spiro atoms. The van der Waals surface area contributed by atoms with Crippen LogP contribution in [0.4, 0.5) is 4.39 Å². The minimum atomic E-state index is -0.361. The van der Waals surface area contributed by atoms with E-state index < -0.39 is 0 Å². The van der Waals surface area contributed by atoms with E-state index in [9.17, 15) is 9.50 Å². The number of rotatable bonds is 3. The van der Waals surface area contributed by atoms with Gasteiger partial charge in [-0.2, -0.15) is 0 Å². The second-order valence-electron chi connectivity index (χ2n) is 7.77. The fourth-order valence-electron chi connectivity index (χ4n) is 3.19. The van der Waals surface area contributed by atoms with Crippen molar-refractivity contribution in [1.82, 2.24) is 0 Å². The maximum Gasteiger partial charge on any atom is 0.114 e. The first-order valence-electron chi connectivity index (χ1n) is 7.60. The molecule has 0 amide bonds. The molecule has 3 heteroatoms. The van der Waals surface area contributed by atoms with E-state index in [1.807, 2.05) is 18.2 Å². The Balaban J connectivity index is 0.00000264. The van der Waals surface area contributed by atoms with Gasteiger partial charge in [0.1, 0.15) is 5.82 Å². The summed E-state index contributed by atoms with van der Waals surface area (Å²) in [4.78, 5) is 0. The fourth-order valence-corrected chi connectivity index (χ4v) is 3.19. The van der Waals surface area contributed by atoms with Crippen LogP contribution in [-0.4, -0.2) is 5.11 Å². The molecular weight excluding hydrogens is 440 g/mol. The standard InChI is InChI=1S/C20H24FO.Ho/c1-19(2,3)13-20(4,5)15-8-6-7-14(11-15)17-12-16(21)9-10-18(17)22;/h6,8-12,22H,13H2,1-5H3;/q-1;. The Labute approximate surface area is 168 Å². The quantitative estimate of drug-likeness (QED) is 0.456. The molecule has 2 rings (SSSR count). The third kappa shape index (κ3) is 5.48. The van der Waals surface area contributed by atoms with Gasteiger partial charge in [-0.15, -0.1) is 35.4 Å². The van der Waals surface area contributed by atoms with Crippen molar-refractivity contribution in [3.05, 3.63) is 53.8 Å². The van der Waals surface area contributed by atoms with Gasteiger partial charge in [-0.1, -0.05) is 46.2 Å². The molecule has 2 aromatic carbocycles. The van der Waals surface area contributed by atoms with Crippen LogP contribution in [-0.2, 0) is 5.41 Å². The molecule has 0 fully saturated rings. The molecule has 129 valence electrons. The third-order valence-electron chi connectivity index (χ3n) is 3.80. The van der Waals surface area contributed by atoms with Gasteiger partial charge >= 0.3 is 0 Å². The van der Waals surface area contributed by atoms with Crippen molar-refractivity contribution in [2.45, 2.75) is 46.5 Å². The molecule has 0 saturated carbocycles. The number of phenolic OH excluding ortho intramolecular Hbond substituents is 1. The van der Waals surface area contributed by atoms with Crippen LogP contribution in [0.5, 0.6) is 5.75 Å². The summed E-state index contributed by atoms with van der Waals surface area (Å²) in [5.41, 5.74) is 2.57. The van der Waals surface area contributed by atoms with Crippen molar-refractivity contribution >= 4 is 0 Å². The van der Waals surface area contributed by atoms with Gasteiger partial charge < -0.3 is 5.11 Å². The van der Waals surface area contributed by atoms with Crippen LogP contribution in [0.2, 0.25) is 0 Å². The van der Waals surface area contributed by atoms with Gasteiger partial charge in [-0.25, -0.2) is 4.39 Å². The van der Waals surface area contributed by atoms with Gasteiger partial charge in [0.05, 0.1) is 5.75 Å². The zero-order valence-corrected chi connectivity index (χ0v) is 16.2. The number of hydrogen-bond donors (Lipinski definition) is 1. The summed E-state index contributed by atoms with van der Waals surface area (Å²) in [5, 5.41) is 9.98. The molecule has 2 aromatic rings. The zero-order chi connectivity index (χ0) is 16.5. The van der Waals surface area contributed by atoms with E-state index in [4.69, 9.17) is 0 Å². The van der Waals surface area contributed by atoms with Crippen molar-refractivity contribution in [2.24, 2.45) is 5.41 Å². The summed E-state index contributed by atoms with van der Waals surface area (Å²) in [5.74, 6) is -0.288. The van der Waals surface area contributed by atoms with E-state index >= 15 is 0 Å². The Kier molecular flexibility index (Phi) is 6.72.